The van der Waals surface area contributed by atoms with Gasteiger partial charge in [-0.1, -0.05) is 13.8 Å². The Morgan fingerprint density at radius 1 is 1.25 bits per heavy atom. The number of hydrogen-bond donors (Lipinski definition) is 1. The van der Waals surface area contributed by atoms with Crippen LogP contribution < -0.4 is 5.32 Å². The second kappa shape index (κ2) is 4.07. The van der Waals surface area contributed by atoms with Crippen LogP contribution in [0.25, 0.3) is 0 Å². The van der Waals surface area contributed by atoms with Crippen LogP contribution >= 0.6 is 0 Å². The van der Waals surface area contributed by atoms with E-state index >= 15 is 0 Å². The van der Waals surface area contributed by atoms with Gasteiger partial charge in [-0.25, -0.2) is 0 Å². The lowest BCUT2D eigenvalue weighted by atomic mass is 9.96. The molecule has 16 heavy (non-hydrogen) atoms. The first kappa shape index (κ1) is 11.4. The molecule has 2 unspecified atom stereocenters. The van der Waals surface area contributed by atoms with Crippen molar-refractivity contribution >= 4 is 11.8 Å². The van der Waals surface area contributed by atoms with Gasteiger partial charge in [-0.15, -0.1) is 0 Å². The van der Waals surface area contributed by atoms with Crippen LogP contribution in [0.1, 0.15) is 33.6 Å². The highest BCUT2D eigenvalue weighted by molar-refractivity contribution is 5.95. The molecule has 1 saturated carbocycles. The average Bonchev–Trinajstić information content (AvgIpc) is 3.03. The Morgan fingerprint density at radius 3 is 2.38 bits per heavy atom. The summed E-state index contributed by atoms with van der Waals surface area (Å²) in [6.45, 7) is 6.23. The third-order valence-corrected chi connectivity index (χ3v) is 3.64. The Morgan fingerprint density at radius 2 is 1.88 bits per heavy atom. The summed E-state index contributed by atoms with van der Waals surface area (Å²) in [6.07, 6.45) is 2.38. The van der Waals surface area contributed by atoms with E-state index in [0.29, 0.717) is 5.92 Å². The van der Waals surface area contributed by atoms with Gasteiger partial charge in [0.2, 0.25) is 11.8 Å². The van der Waals surface area contributed by atoms with Crippen LogP contribution in [0.5, 0.6) is 0 Å². The molecule has 0 aromatic heterocycles. The minimum atomic E-state index is -0.281. The molecule has 0 spiro atoms. The number of piperazine rings is 1. The maximum absolute atomic E-state index is 11.9. The average molecular weight is 224 g/mol. The van der Waals surface area contributed by atoms with Crippen molar-refractivity contribution in [1.29, 1.82) is 0 Å². The highest BCUT2D eigenvalue weighted by Crippen LogP contribution is 2.37. The third kappa shape index (κ3) is 1.93. The largest absolute Gasteiger partial charge is 0.345 e. The van der Waals surface area contributed by atoms with Crippen molar-refractivity contribution in [3.8, 4) is 0 Å². The van der Waals surface area contributed by atoms with E-state index < -0.39 is 0 Å². The molecule has 4 nitrogen and oxygen atoms in total. The molecule has 1 aliphatic carbocycles. The summed E-state index contributed by atoms with van der Waals surface area (Å²) >= 11 is 0. The third-order valence-electron chi connectivity index (χ3n) is 3.64. The Labute approximate surface area is 96.4 Å². The fourth-order valence-electron chi connectivity index (χ4n) is 2.55. The number of hydrogen-bond acceptors (Lipinski definition) is 2. The zero-order chi connectivity index (χ0) is 11.9. The number of nitrogens with one attached hydrogen (secondary N) is 1. The fraction of sp³-hybridized carbons (Fsp3) is 0.833. The van der Waals surface area contributed by atoms with E-state index in [9.17, 15) is 9.59 Å². The molecule has 4 heteroatoms. The standard InChI is InChI=1S/C12H20N2O2/c1-7(2)11-12(16)13-6-10(15)14(11)8(3)9-4-5-9/h7-9,11H,4-6H2,1-3H3,(H,13,16). The molecule has 0 bridgehead atoms. The van der Waals surface area contributed by atoms with Crippen molar-refractivity contribution in [1.82, 2.24) is 10.2 Å². The maximum atomic E-state index is 11.9. The first-order chi connectivity index (χ1) is 7.52. The molecule has 2 atom stereocenters. The van der Waals surface area contributed by atoms with E-state index in [1.165, 1.54) is 12.8 Å². The Kier molecular flexibility index (Phi) is 2.91. The number of amides is 2. The van der Waals surface area contributed by atoms with E-state index in [-0.39, 0.29) is 36.4 Å². The van der Waals surface area contributed by atoms with E-state index in [2.05, 4.69) is 12.2 Å². The monoisotopic (exact) mass is 224 g/mol. The lowest BCUT2D eigenvalue weighted by Crippen LogP contribution is -2.63. The minimum Gasteiger partial charge on any atom is -0.345 e. The number of carbonyl (C=O) groups is 2. The van der Waals surface area contributed by atoms with Crippen molar-refractivity contribution in [3.05, 3.63) is 0 Å². The van der Waals surface area contributed by atoms with E-state index in [1.807, 2.05) is 18.7 Å². The van der Waals surface area contributed by atoms with Crippen LogP contribution in [-0.2, 0) is 9.59 Å². The van der Waals surface area contributed by atoms with E-state index in [4.69, 9.17) is 0 Å². The summed E-state index contributed by atoms with van der Waals surface area (Å²) < 4.78 is 0. The summed E-state index contributed by atoms with van der Waals surface area (Å²) in [5, 5.41) is 2.68. The van der Waals surface area contributed by atoms with Crippen LogP contribution in [0.2, 0.25) is 0 Å². The van der Waals surface area contributed by atoms with Gasteiger partial charge in [0.05, 0.1) is 6.54 Å². The predicted octanol–water partition coefficient (Wildman–Crippen LogP) is 0.768. The van der Waals surface area contributed by atoms with Crippen LogP contribution in [0.4, 0.5) is 0 Å². The first-order valence-electron chi connectivity index (χ1n) is 6.11. The minimum absolute atomic E-state index is 0.00194. The smallest absolute Gasteiger partial charge is 0.243 e. The number of rotatable bonds is 3. The van der Waals surface area contributed by atoms with E-state index in [0.717, 1.165) is 0 Å². The first-order valence-corrected chi connectivity index (χ1v) is 6.11. The SMILES string of the molecule is CC(C)C1C(=O)NCC(=O)N1C(C)C1CC1. The Hall–Kier alpha value is -1.06. The van der Waals surface area contributed by atoms with Gasteiger partial charge in [0.15, 0.2) is 0 Å². The summed E-state index contributed by atoms with van der Waals surface area (Å²) in [6, 6.07) is -0.0669. The van der Waals surface area contributed by atoms with Crippen LogP contribution in [0.3, 0.4) is 0 Å². The molecule has 2 aliphatic rings. The lowest BCUT2D eigenvalue weighted by molar-refractivity contribution is -0.150. The van der Waals surface area contributed by atoms with Crippen LogP contribution in [-0.4, -0.2) is 35.3 Å². The summed E-state index contributed by atoms with van der Waals surface area (Å²) in [7, 11) is 0. The second-order valence-corrected chi connectivity index (χ2v) is 5.29. The molecule has 2 fully saturated rings. The highest BCUT2D eigenvalue weighted by atomic mass is 16.2. The summed E-state index contributed by atoms with van der Waals surface area (Å²) in [4.78, 5) is 25.6. The fourth-order valence-corrected chi connectivity index (χ4v) is 2.55. The summed E-state index contributed by atoms with van der Waals surface area (Å²) in [5.74, 6) is 0.848. The van der Waals surface area contributed by atoms with E-state index in [1.54, 1.807) is 0 Å². The van der Waals surface area contributed by atoms with Crippen molar-refractivity contribution in [2.75, 3.05) is 6.54 Å². The highest BCUT2D eigenvalue weighted by Gasteiger charge is 2.43. The molecule has 0 aromatic rings. The lowest BCUT2D eigenvalue weighted by Gasteiger charge is -2.41. The van der Waals surface area contributed by atoms with Gasteiger partial charge >= 0.3 is 0 Å². The van der Waals surface area contributed by atoms with Gasteiger partial charge in [0.1, 0.15) is 6.04 Å². The van der Waals surface area contributed by atoms with Gasteiger partial charge in [-0.2, -0.15) is 0 Å². The zero-order valence-corrected chi connectivity index (χ0v) is 10.2. The molecular weight excluding hydrogens is 204 g/mol. The second-order valence-electron chi connectivity index (χ2n) is 5.29. The van der Waals surface area contributed by atoms with Gasteiger partial charge in [0.25, 0.3) is 0 Å². The van der Waals surface area contributed by atoms with Gasteiger partial charge < -0.3 is 10.2 Å². The van der Waals surface area contributed by atoms with Gasteiger partial charge in [-0.05, 0) is 31.6 Å². The quantitative estimate of drug-likeness (QED) is 0.769. The molecule has 1 N–H and O–H groups in total. The molecule has 2 amide bonds. The summed E-state index contributed by atoms with van der Waals surface area (Å²) in [5.41, 5.74) is 0. The van der Waals surface area contributed by atoms with Gasteiger partial charge in [-0.3, -0.25) is 9.59 Å². The number of carbonyl (C=O) groups excluding carboxylic acids is 2. The molecule has 90 valence electrons. The van der Waals surface area contributed by atoms with Crippen molar-refractivity contribution in [2.45, 2.75) is 45.7 Å². The molecular formula is C12H20N2O2. The van der Waals surface area contributed by atoms with Gasteiger partial charge in [0, 0.05) is 6.04 Å². The normalized spacial score (nSPS) is 28.2. The topological polar surface area (TPSA) is 49.4 Å². The van der Waals surface area contributed by atoms with Crippen LogP contribution in [0, 0.1) is 11.8 Å². The Balaban J connectivity index is 2.20. The van der Waals surface area contributed by atoms with Crippen molar-refractivity contribution in [3.63, 3.8) is 0 Å². The van der Waals surface area contributed by atoms with Crippen LogP contribution in [0.15, 0.2) is 0 Å². The molecule has 0 radical (unpaired) electrons. The molecule has 1 saturated heterocycles. The molecule has 2 rings (SSSR count). The van der Waals surface area contributed by atoms with Crippen molar-refractivity contribution in [2.24, 2.45) is 11.8 Å². The van der Waals surface area contributed by atoms with Crippen molar-refractivity contribution < 1.29 is 9.59 Å². The number of nitrogens with zero attached hydrogens (tertiary/aromatic N) is 1. The molecule has 1 heterocycles. The zero-order valence-electron chi connectivity index (χ0n) is 10.2. The molecule has 0 aromatic carbocycles. The maximum Gasteiger partial charge on any atom is 0.243 e. The predicted molar refractivity (Wildman–Crippen MR) is 60.7 cm³/mol. The molecule has 1 aliphatic heterocycles. The Bertz CT molecular complexity index is 310.